The minimum Gasteiger partial charge on any atom is -0.356 e. The Morgan fingerprint density at radius 2 is 2.10 bits per heavy atom. The van der Waals surface area contributed by atoms with E-state index in [9.17, 15) is 0 Å². The number of thiazole rings is 1. The molecule has 20 heavy (non-hydrogen) atoms. The molecule has 0 spiro atoms. The number of benzene rings is 1. The fraction of sp³-hybridized carbons (Fsp3) is 0.333. The number of aliphatic imine (C=N–C) groups is 1. The largest absolute Gasteiger partial charge is 0.356 e. The quantitative estimate of drug-likeness (QED) is 0.933. The van der Waals surface area contributed by atoms with E-state index >= 15 is 0 Å². The fourth-order valence-corrected chi connectivity index (χ4v) is 3.97. The standard InChI is InChI=1S/C15H17N3S2/c1-10-8-19-14(16-10)11(2)17-15-18-13(9-20-15)12-6-4-3-5-7-12/h3-8,11,13H,9H2,1-2H3,(H,17,18). The molecule has 2 aromatic rings. The number of nitrogens with one attached hydrogen (secondary N) is 1. The summed E-state index contributed by atoms with van der Waals surface area (Å²) in [6, 6.07) is 11.0. The molecule has 2 unspecified atom stereocenters. The van der Waals surface area contributed by atoms with Crippen LogP contribution in [0.5, 0.6) is 0 Å². The molecule has 2 atom stereocenters. The molecule has 1 N–H and O–H groups in total. The molecule has 0 saturated carbocycles. The molecule has 1 aliphatic rings. The topological polar surface area (TPSA) is 37.3 Å². The van der Waals surface area contributed by atoms with Gasteiger partial charge in [0.05, 0.1) is 12.1 Å². The van der Waals surface area contributed by atoms with Gasteiger partial charge < -0.3 is 5.32 Å². The number of thioether (sulfide) groups is 1. The van der Waals surface area contributed by atoms with Gasteiger partial charge in [-0.25, -0.2) is 4.98 Å². The highest BCUT2D eigenvalue weighted by molar-refractivity contribution is 8.14. The van der Waals surface area contributed by atoms with Crippen LogP contribution in [0.15, 0.2) is 40.7 Å². The molecule has 3 nitrogen and oxygen atoms in total. The summed E-state index contributed by atoms with van der Waals surface area (Å²) < 4.78 is 0. The Bertz CT molecular complexity index is 607. The number of hydrogen-bond donors (Lipinski definition) is 1. The Hall–Kier alpha value is -1.33. The summed E-state index contributed by atoms with van der Waals surface area (Å²) in [6.45, 7) is 4.16. The first kappa shape index (κ1) is 13.6. The van der Waals surface area contributed by atoms with Gasteiger partial charge in [-0.3, -0.25) is 4.99 Å². The summed E-state index contributed by atoms with van der Waals surface area (Å²) >= 11 is 3.49. The maximum absolute atomic E-state index is 4.78. The fourth-order valence-electron chi connectivity index (χ4n) is 2.12. The number of hydrogen-bond acceptors (Lipinski definition) is 5. The molecule has 3 rings (SSSR count). The van der Waals surface area contributed by atoms with Crippen molar-refractivity contribution >= 4 is 28.3 Å². The minimum atomic E-state index is 0.217. The van der Waals surface area contributed by atoms with Crippen LogP contribution in [0.1, 0.15) is 35.3 Å². The molecule has 0 amide bonds. The predicted molar refractivity (Wildman–Crippen MR) is 87.5 cm³/mol. The molecule has 2 heterocycles. The summed E-state index contributed by atoms with van der Waals surface area (Å²) in [5, 5.41) is 7.70. The lowest BCUT2D eigenvalue weighted by molar-refractivity contribution is 0.709. The summed E-state index contributed by atoms with van der Waals surface area (Å²) in [5.74, 6) is 1.01. The van der Waals surface area contributed by atoms with Gasteiger partial charge in [-0.2, -0.15) is 0 Å². The lowest BCUT2D eigenvalue weighted by Gasteiger charge is -2.11. The third kappa shape index (κ3) is 3.04. The van der Waals surface area contributed by atoms with Gasteiger partial charge >= 0.3 is 0 Å². The van der Waals surface area contributed by atoms with Gasteiger partial charge in [0, 0.05) is 16.8 Å². The molecule has 0 bridgehead atoms. The normalized spacial score (nSPS) is 19.7. The zero-order valence-corrected chi connectivity index (χ0v) is 13.2. The van der Waals surface area contributed by atoms with Crippen molar-refractivity contribution in [1.82, 2.24) is 10.3 Å². The van der Waals surface area contributed by atoms with E-state index in [1.807, 2.05) is 13.0 Å². The minimum absolute atomic E-state index is 0.217. The van der Waals surface area contributed by atoms with Crippen LogP contribution in [-0.4, -0.2) is 15.9 Å². The van der Waals surface area contributed by atoms with E-state index in [1.165, 1.54) is 5.56 Å². The van der Waals surface area contributed by atoms with Crippen molar-refractivity contribution in [3.8, 4) is 0 Å². The Balaban J connectivity index is 1.67. The second-order valence-corrected chi connectivity index (χ2v) is 6.76. The number of aryl methyl sites for hydroxylation is 1. The highest BCUT2D eigenvalue weighted by Crippen LogP contribution is 2.30. The molecule has 104 valence electrons. The Morgan fingerprint density at radius 1 is 1.30 bits per heavy atom. The zero-order chi connectivity index (χ0) is 13.9. The second-order valence-electron chi connectivity index (χ2n) is 4.86. The highest BCUT2D eigenvalue weighted by atomic mass is 32.2. The average Bonchev–Trinajstić information content (AvgIpc) is 3.09. The van der Waals surface area contributed by atoms with Gasteiger partial charge in [-0.15, -0.1) is 11.3 Å². The first-order valence-corrected chi connectivity index (χ1v) is 8.53. The first-order valence-electron chi connectivity index (χ1n) is 6.66. The van der Waals surface area contributed by atoms with Crippen LogP contribution in [-0.2, 0) is 0 Å². The molecule has 0 radical (unpaired) electrons. The summed E-state index contributed by atoms with van der Waals surface area (Å²) in [4.78, 5) is 9.30. The molecular formula is C15H17N3S2. The van der Waals surface area contributed by atoms with Crippen LogP contribution in [0, 0.1) is 6.92 Å². The van der Waals surface area contributed by atoms with E-state index in [-0.39, 0.29) is 12.1 Å². The average molecular weight is 303 g/mol. The third-order valence-electron chi connectivity index (χ3n) is 3.18. The van der Waals surface area contributed by atoms with Crippen LogP contribution < -0.4 is 5.32 Å². The molecule has 0 aliphatic carbocycles. The van der Waals surface area contributed by atoms with Gasteiger partial charge in [-0.05, 0) is 19.4 Å². The number of nitrogens with zero attached hydrogens (tertiary/aromatic N) is 2. The molecule has 0 saturated heterocycles. The van der Waals surface area contributed by atoms with Crippen molar-refractivity contribution in [2.75, 3.05) is 5.75 Å². The lowest BCUT2D eigenvalue weighted by atomic mass is 10.1. The van der Waals surface area contributed by atoms with Crippen LogP contribution >= 0.6 is 23.1 Å². The second kappa shape index (κ2) is 5.97. The molecule has 1 aromatic carbocycles. The first-order chi connectivity index (χ1) is 9.72. The van der Waals surface area contributed by atoms with Crippen molar-refractivity contribution in [3.05, 3.63) is 52.0 Å². The Morgan fingerprint density at radius 3 is 2.80 bits per heavy atom. The summed E-state index contributed by atoms with van der Waals surface area (Å²) in [5.41, 5.74) is 2.37. The molecular weight excluding hydrogens is 286 g/mol. The smallest absolute Gasteiger partial charge is 0.157 e. The van der Waals surface area contributed by atoms with Crippen LogP contribution in [0.4, 0.5) is 0 Å². The molecule has 0 fully saturated rings. The van der Waals surface area contributed by atoms with Gasteiger partial charge in [0.2, 0.25) is 0 Å². The monoisotopic (exact) mass is 303 g/mol. The lowest BCUT2D eigenvalue weighted by Crippen LogP contribution is -2.22. The molecule has 5 heteroatoms. The van der Waals surface area contributed by atoms with E-state index in [0.29, 0.717) is 0 Å². The van der Waals surface area contributed by atoms with Gasteiger partial charge in [-0.1, -0.05) is 42.1 Å². The van der Waals surface area contributed by atoms with E-state index in [4.69, 9.17) is 4.99 Å². The maximum Gasteiger partial charge on any atom is 0.157 e. The number of rotatable bonds is 3. The van der Waals surface area contributed by atoms with Crippen LogP contribution in [0.25, 0.3) is 0 Å². The van der Waals surface area contributed by atoms with Gasteiger partial charge in [0.1, 0.15) is 5.01 Å². The third-order valence-corrected chi connectivity index (χ3v) is 5.31. The van der Waals surface area contributed by atoms with Crippen molar-refractivity contribution in [2.45, 2.75) is 25.9 Å². The van der Waals surface area contributed by atoms with Crippen molar-refractivity contribution in [1.29, 1.82) is 0 Å². The van der Waals surface area contributed by atoms with Gasteiger partial charge in [0.15, 0.2) is 5.17 Å². The predicted octanol–water partition coefficient (Wildman–Crippen LogP) is 3.95. The van der Waals surface area contributed by atoms with E-state index in [2.05, 4.69) is 46.9 Å². The summed E-state index contributed by atoms with van der Waals surface area (Å²) in [6.07, 6.45) is 0. The van der Waals surface area contributed by atoms with E-state index in [0.717, 1.165) is 21.6 Å². The SMILES string of the molecule is Cc1csc(C(C)NC2=NC(c3ccccc3)CS2)n1. The van der Waals surface area contributed by atoms with Crippen molar-refractivity contribution < 1.29 is 0 Å². The Kier molecular flexibility index (Phi) is 4.08. The Labute approximate surface area is 127 Å². The number of aromatic nitrogens is 1. The summed E-state index contributed by atoms with van der Waals surface area (Å²) in [7, 11) is 0. The van der Waals surface area contributed by atoms with Crippen LogP contribution in [0.3, 0.4) is 0 Å². The number of amidine groups is 1. The van der Waals surface area contributed by atoms with E-state index in [1.54, 1.807) is 23.1 Å². The van der Waals surface area contributed by atoms with Gasteiger partial charge in [0.25, 0.3) is 0 Å². The van der Waals surface area contributed by atoms with Crippen molar-refractivity contribution in [2.24, 2.45) is 4.99 Å². The molecule has 1 aromatic heterocycles. The zero-order valence-electron chi connectivity index (χ0n) is 11.5. The maximum atomic E-state index is 4.78. The molecule has 1 aliphatic heterocycles. The van der Waals surface area contributed by atoms with E-state index < -0.39 is 0 Å². The van der Waals surface area contributed by atoms with Crippen molar-refractivity contribution in [3.63, 3.8) is 0 Å². The van der Waals surface area contributed by atoms with Crippen LogP contribution in [0.2, 0.25) is 0 Å². The highest BCUT2D eigenvalue weighted by Gasteiger charge is 2.21.